The first kappa shape index (κ1) is 16.0. The molecule has 3 nitrogen and oxygen atoms in total. The van der Waals surface area contributed by atoms with Crippen molar-refractivity contribution < 1.29 is 4.21 Å². The van der Waals surface area contributed by atoms with E-state index in [1.807, 2.05) is 12.1 Å². The van der Waals surface area contributed by atoms with E-state index in [4.69, 9.17) is 0 Å². The molecule has 1 saturated heterocycles. The van der Waals surface area contributed by atoms with Crippen LogP contribution in [0.25, 0.3) is 21.0 Å². The minimum Gasteiger partial charge on any atom is -0.347 e. The SMILES string of the molecule is Cn1c2c(c3cc(S(=O)c4ccc5sccc5c4)ccc31)C1CCC(C2)N1. The second kappa shape index (κ2) is 5.77. The Morgan fingerprint density at radius 1 is 1.11 bits per heavy atom. The number of fused-ring (bicyclic) bond motifs is 7. The van der Waals surface area contributed by atoms with Crippen LogP contribution in [0.4, 0.5) is 0 Å². The van der Waals surface area contributed by atoms with Crippen LogP contribution < -0.4 is 5.32 Å². The molecule has 4 aromatic rings. The third-order valence-electron chi connectivity index (χ3n) is 6.22. The molecule has 6 rings (SSSR count). The van der Waals surface area contributed by atoms with E-state index < -0.39 is 10.8 Å². The van der Waals surface area contributed by atoms with Gasteiger partial charge in [-0.05, 0) is 71.6 Å². The molecular weight excluding hydrogens is 372 g/mol. The molecule has 2 aromatic carbocycles. The third kappa shape index (κ3) is 2.32. The molecule has 5 heteroatoms. The van der Waals surface area contributed by atoms with Crippen molar-refractivity contribution in [2.75, 3.05) is 0 Å². The van der Waals surface area contributed by atoms with Crippen molar-refractivity contribution >= 4 is 43.1 Å². The summed E-state index contributed by atoms with van der Waals surface area (Å²) in [7, 11) is 1.01. The Kier molecular flexibility index (Phi) is 3.43. The van der Waals surface area contributed by atoms with Gasteiger partial charge >= 0.3 is 0 Å². The number of benzene rings is 2. The van der Waals surface area contributed by atoms with Gasteiger partial charge in [-0.3, -0.25) is 0 Å². The second-order valence-corrected chi connectivity index (χ2v) is 10.1. The van der Waals surface area contributed by atoms with Gasteiger partial charge in [-0.1, -0.05) is 0 Å². The normalized spacial score (nSPS) is 22.4. The number of hydrogen-bond donors (Lipinski definition) is 1. The van der Waals surface area contributed by atoms with Gasteiger partial charge in [0.1, 0.15) is 0 Å². The summed E-state index contributed by atoms with van der Waals surface area (Å²) in [5, 5.41) is 8.29. The molecule has 0 amide bonds. The maximum atomic E-state index is 13.3. The average molecular weight is 393 g/mol. The topological polar surface area (TPSA) is 34.0 Å². The smallest absolute Gasteiger partial charge is 0.0850 e. The summed E-state index contributed by atoms with van der Waals surface area (Å²) >= 11 is 1.72. The highest BCUT2D eigenvalue weighted by Gasteiger charge is 2.35. The Balaban J connectivity index is 1.49. The maximum absolute atomic E-state index is 13.3. The lowest BCUT2D eigenvalue weighted by molar-refractivity contribution is 0.503. The monoisotopic (exact) mass is 392 g/mol. The molecule has 2 aromatic heterocycles. The molecule has 1 N–H and O–H groups in total. The van der Waals surface area contributed by atoms with Crippen LogP contribution >= 0.6 is 11.3 Å². The first-order valence-corrected chi connectivity index (χ1v) is 11.5. The van der Waals surface area contributed by atoms with Crippen LogP contribution in [0, 0.1) is 0 Å². The predicted octanol–water partition coefficient (Wildman–Crippen LogP) is 4.91. The van der Waals surface area contributed by atoms with E-state index in [0.717, 1.165) is 16.2 Å². The van der Waals surface area contributed by atoms with Crippen molar-refractivity contribution in [1.82, 2.24) is 9.88 Å². The lowest BCUT2D eigenvalue weighted by Crippen LogP contribution is -2.32. The number of nitrogens with one attached hydrogen (secondary N) is 1. The van der Waals surface area contributed by atoms with Crippen LogP contribution in [0.2, 0.25) is 0 Å². The Morgan fingerprint density at radius 3 is 2.89 bits per heavy atom. The zero-order valence-electron chi connectivity index (χ0n) is 15.1. The van der Waals surface area contributed by atoms with Gasteiger partial charge in [0, 0.05) is 56.6 Å². The molecule has 3 unspecified atom stereocenters. The number of hydrogen-bond acceptors (Lipinski definition) is 3. The second-order valence-electron chi connectivity index (χ2n) is 7.68. The summed E-state index contributed by atoms with van der Waals surface area (Å²) in [6.07, 6.45) is 3.57. The van der Waals surface area contributed by atoms with Crippen molar-refractivity contribution in [1.29, 1.82) is 0 Å². The van der Waals surface area contributed by atoms with Crippen molar-refractivity contribution in [3.8, 4) is 0 Å². The number of aryl methyl sites for hydroxylation is 1. The maximum Gasteiger partial charge on any atom is 0.0850 e. The van der Waals surface area contributed by atoms with Crippen LogP contribution in [0.3, 0.4) is 0 Å². The quantitative estimate of drug-likeness (QED) is 0.526. The van der Waals surface area contributed by atoms with Crippen LogP contribution in [0.15, 0.2) is 57.6 Å². The molecule has 4 heterocycles. The zero-order valence-corrected chi connectivity index (χ0v) is 16.7. The van der Waals surface area contributed by atoms with E-state index in [9.17, 15) is 4.21 Å². The van der Waals surface area contributed by atoms with Gasteiger partial charge in [0.05, 0.1) is 10.8 Å². The van der Waals surface area contributed by atoms with E-state index in [1.165, 1.54) is 45.1 Å². The minimum absolute atomic E-state index is 0.452. The van der Waals surface area contributed by atoms with E-state index >= 15 is 0 Å². The molecular formula is C22H20N2OS2. The highest BCUT2D eigenvalue weighted by molar-refractivity contribution is 7.85. The van der Waals surface area contributed by atoms with Crippen molar-refractivity contribution in [3.05, 3.63) is 59.1 Å². The number of thiophene rings is 1. The van der Waals surface area contributed by atoms with Gasteiger partial charge in [-0.2, -0.15) is 0 Å². The minimum atomic E-state index is -1.16. The Labute approximate surface area is 164 Å². The number of aromatic nitrogens is 1. The van der Waals surface area contributed by atoms with Crippen LogP contribution in [0.5, 0.6) is 0 Å². The van der Waals surface area contributed by atoms with Crippen molar-refractivity contribution in [2.45, 2.75) is 41.1 Å². The number of rotatable bonds is 2. The Morgan fingerprint density at radius 2 is 1.96 bits per heavy atom. The summed E-state index contributed by atoms with van der Waals surface area (Å²) in [6, 6.07) is 15.7. The van der Waals surface area contributed by atoms with E-state index in [2.05, 4.69) is 52.6 Å². The molecule has 2 aliphatic heterocycles. The first-order valence-electron chi connectivity index (χ1n) is 9.45. The summed E-state index contributed by atoms with van der Waals surface area (Å²) < 4.78 is 16.9. The molecule has 0 saturated carbocycles. The summed E-state index contributed by atoms with van der Waals surface area (Å²) in [5.41, 5.74) is 4.15. The Hall–Kier alpha value is -1.95. The summed E-state index contributed by atoms with van der Waals surface area (Å²) in [6.45, 7) is 0. The lowest BCUT2D eigenvalue weighted by Gasteiger charge is -2.23. The van der Waals surface area contributed by atoms with E-state index in [0.29, 0.717) is 12.1 Å². The highest BCUT2D eigenvalue weighted by atomic mass is 32.2. The zero-order chi connectivity index (χ0) is 18.1. The Bertz CT molecular complexity index is 1240. The fraction of sp³-hybridized carbons (Fsp3) is 0.273. The predicted molar refractivity (Wildman–Crippen MR) is 112 cm³/mol. The largest absolute Gasteiger partial charge is 0.347 e. The van der Waals surface area contributed by atoms with Crippen LogP contribution in [-0.4, -0.2) is 14.8 Å². The van der Waals surface area contributed by atoms with E-state index in [1.54, 1.807) is 11.3 Å². The van der Waals surface area contributed by atoms with Gasteiger partial charge in [0.15, 0.2) is 0 Å². The summed E-state index contributed by atoms with van der Waals surface area (Å²) in [5.74, 6) is 0. The van der Waals surface area contributed by atoms with Crippen LogP contribution in [-0.2, 0) is 24.3 Å². The standard InChI is InChI=1S/C22H20N2OS2/c1-24-19-6-3-16(27(25)15-4-7-21-13(10-15)8-9-26-21)12-17(19)22-18-5-2-14(23-18)11-20(22)24/h3-4,6-10,12,14,18,23H,2,5,11H2,1H3. The lowest BCUT2D eigenvalue weighted by atomic mass is 9.99. The molecule has 0 radical (unpaired) electrons. The van der Waals surface area contributed by atoms with Crippen molar-refractivity contribution in [2.24, 2.45) is 7.05 Å². The van der Waals surface area contributed by atoms with Gasteiger partial charge in [-0.15, -0.1) is 11.3 Å². The molecule has 1 fully saturated rings. The number of nitrogens with zero attached hydrogens (tertiary/aromatic N) is 1. The van der Waals surface area contributed by atoms with Gasteiger partial charge in [0.2, 0.25) is 0 Å². The fourth-order valence-electron chi connectivity index (χ4n) is 4.89. The van der Waals surface area contributed by atoms with Crippen molar-refractivity contribution in [3.63, 3.8) is 0 Å². The van der Waals surface area contributed by atoms with Gasteiger partial charge < -0.3 is 9.88 Å². The molecule has 0 spiro atoms. The van der Waals surface area contributed by atoms with Gasteiger partial charge in [-0.25, -0.2) is 4.21 Å². The summed E-state index contributed by atoms with van der Waals surface area (Å²) in [4.78, 5) is 1.77. The molecule has 0 aliphatic carbocycles. The van der Waals surface area contributed by atoms with Crippen LogP contribution in [0.1, 0.15) is 30.1 Å². The molecule has 136 valence electrons. The highest BCUT2D eigenvalue weighted by Crippen LogP contribution is 2.42. The molecule has 2 bridgehead atoms. The first-order chi connectivity index (χ1) is 13.2. The molecule has 3 atom stereocenters. The molecule has 2 aliphatic rings. The average Bonchev–Trinajstić information content (AvgIpc) is 3.38. The third-order valence-corrected chi connectivity index (χ3v) is 8.48. The van der Waals surface area contributed by atoms with E-state index in [-0.39, 0.29) is 0 Å². The fourth-order valence-corrected chi connectivity index (χ4v) is 6.78. The van der Waals surface area contributed by atoms with Gasteiger partial charge in [0.25, 0.3) is 0 Å². The molecule has 27 heavy (non-hydrogen) atoms.